The number of aliphatic hydroxyl groups is 2. The maximum Gasteiger partial charge on any atom is 0.472 e. The minimum absolute atomic E-state index is 0.186. The van der Waals surface area contributed by atoms with Gasteiger partial charge in [0.25, 0.3) is 0 Å². The van der Waals surface area contributed by atoms with Gasteiger partial charge in [-0.25, -0.2) is 4.57 Å². The lowest BCUT2D eigenvalue weighted by molar-refractivity contribution is -0.161. The molecule has 0 aromatic heterocycles. The Hall–Kier alpha value is -1.29. The molecule has 0 radical (unpaired) electrons. The minimum Gasteiger partial charge on any atom is -0.462 e. The molecule has 0 aliphatic heterocycles. The molecule has 1 unspecified atom stereocenters. The lowest BCUT2D eigenvalue weighted by Gasteiger charge is -2.20. The molecule has 0 rings (SSSR count). The quantitative estimate of drug-likeness (QED) is 0.0245. The molecule has 0 aliphatic carbocycles. The minimum atomic E-state index is -4.60. The highest BCUT2D eigenvalue weighted by molar-refractivity contribution is 7.47. The first-order chi connectivity index (χ1) is 23.7. The molecule has 3 N–H and O–H groups in total. The highest BCUT2D eigenvalue weighted by atomic mass is 31.2. The van der Waals surface area contributed by atoms with Crippen molar-refractivity contribution in [1.82, 2.24) is 0 Å². The molecule has 0 amide bonds. The average molecular weight is 721 g/mol. The van der Waals surface area contributed by atoms with Gasteiger partial charge in [0.05, 0.1) is 19.8 Å². The van der Waals surface area contributed by atoms with Crippen molar-refractivity contribution in [3.63, 3.8) is 0 Å². The van der Waals surface area contributed by atoms with Gasteiger partial charge in [-0.1, -0.05) is 142 Å². The van der Waals surface area contributed by atoms with Gasteiger partial charge < -0.3 is 24.6 Å². The third-order valence-corrected chi connectivity index (χ3v) is 9.37. The second kappa shape index (κ2) is 35.1. The van der Waals surface area contributed by atoms with E-state index in [1.165, 1.54) is 103 Å². The number of carbonyl (C=O) groups excluding carboxylic acids is 2. The van der Waals surface area contributed by atoms with Gasteiger partial charge in [0.1, 0.15) is 12.7 Å². The molecule has 0 fully saturated rings. The summed E-state index contributed by atoms with van der Waals surface area (Å²) in [7, 11) is -4.60. The Balaban J connectivity index is 4.29. The molecule has 10 nitrogen and oxygen atoms in total. The van der Waals surface area contributed by atoms with Crippen LogP contribution in [0.1, 0.15) is 181 Å². The second-order valence-electron chi connectivity index (χ2n) is 13.3. The van der Waals surface area contributed by atoms with E-state index in [0.717, 1.165) is 38.5 Å². The Morgan fingerprint density at radius 1 is 0.592 bits per heavy atom. The predicted octanol–water partition coefficient (Wildman–Crippen LogP) is 9.67. The van der Waals surface area contributed by atoms with Gasteiger partial charge in [0.15, 0.2) is 6.10 Å². The summed E-state index contributed by atoms with van der Waals surface area (Å²) < 4.78 is 32.5. The zero-order valence-electron chi connectivity index (χ0n) is 31.2. The molecule has 0 spiro atoms. The lowest BCUT2D eigenvalue weighted by Crippen LogP contribution is -2.29. The molecule has 11 heteroatoms. The number of aliphatic hydroxyl groups excluding tert-OH is 2. The predicted molar refractivity (Wildman–Crippen MR) is 196 cm³/mol. The van der Waals surface area contributed by atoms with Gasteiger partial charge in [0.2, 0.25) is 0 Å². The van der Waals surface area contributed by atoms with Gasteiger partial charge in [-0.05, 0) is 38.5 Å². The van der Waals surface area contributed by atoms with Gasteiger partial charge in [0, 0.05) is 12.8 Å². The van der Waals surface area contributed by atoms with Crippen LogP contribution in [-0.4, -0.2) is 65.7 Å². The SMILES string of the molecule is CCCCCC/C=C/CCCCCCCCCCCC(=O)O[C@H](COC(=O)CCCCCCCCCCC)COP(=O)(O)OC[C@@H](O)CO. The Kier molecular flexibility index (Phi) is 34.2. The number of esters is 2. The first-order valence-electron chi connectivity index (χ1n) is 19.6. The molecule has 0 bridgehead atoms. The van der Waals surface area contributed by atoms with Crippen molar-refractivity contribution in [3.05, 3.63) is 12.2 Å². The van der Waals surface area contributed by atoms with Crippen LogP contribution in [0.15, 0.2) is 12.2 Å². The number of phosphoric acid groups is 1. The highest BCUT2D eigenvalue weighted by Crippen LogP contribution is 2.43. The molecule has 0 aromatic rings. The lowest BCUT2D eigenvalue weighted by atomic mass is 10.1. The van der Waals surface area contributed by atoms with E-state index in [4.69, 9.17) is 19.1 Å². The smallest absolute Gasteiger partial charge is 0.462 e. The van der Waals surface area contributed by atoms with E-state index in [9.17, 15) is 24.2 Å². The summed E-state index contributed by atoms with van der Waals surface area (Å²) in [6.07, 6.45) is 30.4. The van der Waals surface area contributed by atoms with Gasteiger partial charge in [-0.15, -0.1) is 0 Å². The first kappa shape index (κ1) is 47.7. The molecule has 49 heavy (non-hydrogen) atoms. The molecular formula is C38H73O10P. The van der Waals surface area contributed by atoms with Crippen LogP contribution in [0.5, 0.6) is 0 Å². The second-order valence-corrected chi connectivity index (χ2v) is 14.8. The van der Waals surface area contributed by atoms with E-state index in [1.807, 2.05) is 0 Å². The van der Waals surface area contributed by atoms with Crippen LogP contribution in [0.3, 0.4) is 0 Å². The zero-order valence-corrected chi connectivity index (χ0v) is 32.1. The molecule has 0 aromatic carbocycles. The maximum atomic E-state index is 12.5. The number of ether oxygens (including phenoxy) is 2. The molecule has 0 heterocycles. The Labute approximate surface area is 298 Å². The van der Waals surface area contributed by atoms with Crippen LogP contribution in [-0.2, 0) is 32.7 Å². The monoisotopic (exact) mass is 720 g/mol. The average Bonchev–Trinajstić information content (AvgIpc) is 3.09. The standard InChI is InChI=1S/C38H73O10P/c1-3-5-7-9-11-13-14-15-16-17-18-19-20-22-24-26-28-30-38(42)48-36(34-47-49(43,44)46-32-35(40)31-39)33-45-37(41)29-27-25-23-21-12-10-8-6-4-2/h13-14,35-36,39-40H,3-12,15-34H2,1-2H3,(H,43,44)/b14-13+/t35-,36+/m0/s1. The van der Waals surface area contributed by atoms with Crippen molar-refractivity contribution < 1.29 is 47.8 Å². The van der Waals surface area contributed by atoms with Crippen LogP contribution in [0, 0.1) is 0 Å². The number of hydrogen-bond donors (Lipinski definition) is 3. The number of rotatable bonds is 37. The van der Waals surface area contributed by atoms with Gasteiger partial charge >= 0.3 is 19.8 Å². The van der Waals surface area contributed by atoms with Crippen molar-refractivity contribution in [2.75, 3.05) is 26.4 Å². The van der Waals surface area contributed by atoms with E-state index in [-0.39, 0.29) is 19.4 Å². The summed E-state index contributed by atoms with van der Waals surface area (Å²) in [6.45, 7) is 2.34. The molecule has 3 atom stereocenters. The van der Waals surface area contributed by atoms with Crippen LogP contribution in [0.4, 0.5) is 0 Å². The summed E-state index contributed by atoms with van der Waals surface area (Å²) in [5.74, 6) is -0.925. The van der Waals surface area contributed by atoms with Gasteiger partial charge in [-0.3, -0.25) is 18.6 Å². The van der Waals surface area contributed by atoms with E-state index in [1.54, 1.807) is 0 Å². The van der Waals surface area contributed by atoms with Crippen molar-refractivity contribution in [2.45, 2.75) is 193 Å². The number of allylic oxidation sites excluding steroid dienone is 2. The van der Waals surface area contributed by atoms with E-state index in [0.29, 0.717) is 12.8 Å². The van der Waals surface area contributed by atoms with Crippen LogP contribution in [0.2, 0.25) is 0 Å². The van der Waals surface area contributed by atoms with Crippen molar-refractivity contribution in [1.29, 1.82) is 0 Å². The summed E-state index contributed by atoms with van der Waals surface area (Å²) in [5.41, 5.74) is 0. The Morgan fingerprint density at radius 3 is 1.49 bits per heavy atom. The fourth-order valence-corrected chi connectivity index (χ4v) is 6.13. The number of carbonyl (C=O) groups is 2. The van der Waals surface area contributed by atoms with Crippen molar-refractivity contribution in [2.24, 2.45) is 0 Å². The summed E-state index contributed by atoms with van der Waals surface area (Å²) in [5, 5.41) is 18.3. The fraction of sp³-hybridized carbons (Fsp3) is 0.895. The fourth-order valence-electron chi connectivity index (χ4n) is 5.34. The molecule has 290 valence electrons. The van der Waals surface area contributed by atoms with E-state index >= 15 is 0 Å². The molecule has 0 aliphatic rings. The van der Waals surface area contributed by atoms with Crippen molar-refractivity contribution >= 4 is 19.8 Å². The number of phosphoric ester groups is 1. The van der Waals surface area contributed by atoms with Crippen LogP contribution < -0.4 is 0 Å². The topological polar surface area (TPSA) is 149 Å². The number of hydrogen-bond acceptors (Lipinski definition) is 9. The third kappa shape index (κ3) is 34.9. The summed E-state index contributed by atoms with van der Waals surface area (Å²) in [6, 6.07) is 0. The highest BCUT2D eigenvalue weighted by Gasteiger charge is 2.27. The van der Waals surface area contributed by atoms with Crippen LogP contribution in [0.25, 0.3) is 0 Å². The largest absolute Gasteiger partial charge is 0.472 e. The van der Waals surface area contributed by atoms with Gasteiger partial charge in [-0.2, -0.15) is 0 Å². The molecule has 0 saturated carbocycles. The van der Waals surface area contributed by atoms with Crippen LogP contribution >= 0.6 is 7.82 Å². The third-order valence-electron chi connectivity index (χ3n) is 8.42. The van der Waals surface area contributed by atoms with E-state index < -0.39 is 51.8 Å². The summed E-state index contributed by atoms with van der Waals surface area (Å²) in [4.78, 5) is 34.8. The molecular weight excluding hydrogens is 647 g/mol. The Morgan fingerprint density at radius 2 is 1.00 bits per heavy atom. The summed E-state index contributed by atoms with van der Waals surface area (Å²) >= 11 is 0. The first-order valence-corrected chi connectivity index (χ1v) is 21.1. The van der Waals surface area contributed by atoms with Crippen molar-refractivity contribution in [3.8, 4) is 0 Å². The molecule has 0 saturated heterocycles. The Bertz CT molecular complexity index is 837. The zero-order chi connectivity index (χ0) is 36.3. The maximum absolute atomic E-state index is 12.5. The number of unbranched alkanes of at least 4 members (excludes halogenated alkanes) is 21. The van der Waals surface area contributed by atoms with E-state index in [2.05, 4.69) is 30.5 Å². The normalized spacial score (nSPS) is 14.1.